The molecule has 0 aliphatic heterocycles. The van der Waals surface area contributed by atoms with Crippen molar-refractivity contribution >= 4 is 25.7 Å². The molecule has 0 aliphatic rings. The number of phosphoric acid groups is 1. The van der Waals surface area contributed by atoms with Gasteiger partial charge in [0.05, 0.1) is 19.8 Å². The van der Waals surface area contributed by atoms with Crippen molar-refractivity contribution in [1.82, 2.24) is 0 Å². The molecule has 0 saturated carbocycles. The van der Waals surface area contributed by atoms with E-state index in [1.54, 1.807) is 0 Å². The Labute approximate surface area is 461 Å². The fourth-order valence-electron chi connectivity index (χ4n) is 7.18. The van der Waals surface area contributed by atoms with E-state index in [1.165, 1.54) is 25.7 Å². The third-order valence-electron chi connectivity index (χ3n) is 11.5. The van der Waals surface area contributed by atoms with Crippen molar-refractivity contribution in [2.75, 3.05) is 26.4 Å². The van der Waals surface area contributed by atoms with E-state index in [1.807, 2.05) is 12.2 Å². The Morgan fingerprint density at radius 3 is 1.12 bits per heavy atom. The summed E-state index contributed by atoms with van der Waals surface area (Å²) >= 11 is 0. The van der Waals surface area contributed by atoms with Crippen molar-refractivity contribution in [2.45, 2.75) is 226 Å². The van der Waals surface area contributed by atoms with Gasteiger partial charge in [-0.1, -0.05) is 199 Å². The van der Waals surface area contributed by atoms with Gasteiger partial charge in [-0.25, -0.2) is 4.57 Å². The summed E-state index contributed by atoms with van der Waals surface area (Å²) in [6.45, 7) is 4.25. The number of carbonyl (C=O) groups is 3. The molecule has 12 heteroatoms. The number of phosphoric ester groups is 1. The average Bonchev–Trinajstić information content (AvgIpc) is 3.41. The number of hydrogen-bond donors (Lipinski definition) is 2. The molecule has 0 fully saturated rings. The second kappa shape index (κ2) is 56.8. The summed E-state index contributed by atoms with van der Waals surface area (Å²) in [5.74, 6) is -1.60. The van der Waals surface area contributed by atoms with Crippen LogP contribution >= 0.6 is 7.82 Å². The number of ether oxygens (including phenoxy) is 3. The lowest BCUT2D eigenvalue weighted by Gasteiger charge is -2.21. The molecule has 0 radical (unpaired) electrons. The van der Waals surface area contributed by atoms with Crippen LogP contribution in [0.25, 0.3) is 0 Å². The zero-order valence-corrected chi connectivity index (χ0v) is 48.3. The van der Waals surface area contributed by atoms with E-state index in [2.05, 4.69) is 142 Å². The lowest BCUT2D eigenvalue weighted by Crippen LogP contribution is -2.30. The number of allylic oxidation sites excluding steroid dienone is 22. The number of aliphatic hydroxyl groups is 1. The van der Waals surface area contributed by atoms with Gasteiger partial charge >= 0.3 is 25.7 Å². The highest BCUT2D eigenvalue weighted by molar-refractivity contribution is 7.47. The van der Waals surface area contributed by atoms with Gasteiger partial charge in [0.25, 0.3) is 0 Å². The van der Waals surface area contributed by atoms with Crippen LogP contribution in [0.5, 0.6) is 0 Å². The Bertz CT molecular complexity index is 1780. The summed E-state index contributed by atoms with van der Waals surface area (Å²) in [4.78, 5) is 48.5. The van der Waals surface area contributed by atoms with E-state index < -0.39 is 57.8 Å². The van der Waals surface area contributed by atoms with Crippen LogP contribution in [-0.4, -0.2) is 66.5 Å². The van der Waals surface area contributed by atoms with Gasteiger partial charge in [0.15, 0.2) is 6.10 Å². The molecule has 430 valence electrons. The Kier molecular flexibility index (Phi) is 53.5. The molecule has 3 atom stereocenters. The van der Waals surface area contributed by atoms with Gasteiger partial charge in [-0.15, -0.1) is 0 Å². The highest BCUT2D eigenvalue weighted by atomic mass is 31.2. The van der Waals surface area contributed by atoms with Gasteiger partial charge in [-0.2, -0.15) is 0 Å². The van der Waals surface area contributed by atoms with Crippen molar-refractivity contribution in [3.8, 4) is 0 Å². The molecule has 0 spiro atoms. The summed E-state index contributed by atoms with van der Waals surface area (Å²) in [7, 11) is -4.78. The molecular formula is C64H103O11P. The highest BCUT2D eigenvalue weighted by Gasteiger charge is 2.28. The Balaban J connectivity index is 4.88. The fraction of sp³-hybridized carbons (Fsp3) is 0.609. The van der Waals surface area contributed by atoms with Gasteiger partial charge < -0.3 is 24.2 Å². The minimum atomic E-state index is -4.78. The van der Waals surface area contributed by atoms with Crippen LogP contribution in [-0.2, 0) is 42.2 Å². The molecule has 2 N–H and O–H groups in total. The van der Waals surface area contributed by atoms with E-state index in [0.29, 0.717) is 25.7 Å². The van der Waals surface area contributed by atoms with Crippen LogP contribution in [0.3, 0.4) is 0 Å². The lowest BCUT2D eigenvalue weighted by molar-refractivity contribution is -0.161. The van der Waals surface area contributed by atoms with Gasteiger partial charge in [0.1, 0.15) is 12.7 Å². The first-order chi connectivity index (χ1) is 37.2. The summed E-state index contributed by atoms with van der Waals surface area (Å²) in [5, 5.41) is 9.80. The normalized spacial score (nSPS) is 14.3. The van der Waals surface area contributed by atoms with Gasteiger partial charge in [-0.05, 0) is 128 Å². The molecule has 0 saturated heterocycles. The Hall–Kier alpha value is -4.38. The zero-order valence-electron chi connectivity index (χ0n) is 47.4. The minimum absolute atomic E-state index is 0.0765. The van der Waals surface area contributed by atoms with E-state index in [4.69, 9.17) is 23.3 Å². The van der Waals surface area contributed by atoms with E-state index in [-0.39, 0.29) is 25.9 Å². The molecule has 0 rings (SSSR count). The predicted molar refractivity (Wildman–Crippen MR) is 316 cm³/mol. The molecule has 11 nitrogen and oxygen atoms in total. The Morgan fingerprint density at radius 1 is 0.382 bits per heavy atom. The SMILES string of the molecule is CC/C=C\C/C=C\C/C=C\C/C=C\C/C=C\CCCC(=O)OC(COC(=O)CCCCCCCC/C=C\C/C=C\C/C=C\CCCCC)COP(=O)(O)OCC(CO)OC(=O)CCCCC/C=C\C/C=C\C/C=C\CC. The molecule has 0 aromatic carbocycles. The number of rotatable bonds is 52. The van der Waals surface area contributed by atoms with Crippen molar-refractivity contribution in [2.24, 2.45) is 0 Å². The molecule has 0 bridgehead atoms. The maximum atomic E-state index is 12.9. The first-order valence-corrected chi connectivity index (χ1v) is 30.6. The first kappa shape index (κ1) is 71.6. The van der Waals surface area contributed by atoms with E-state index >= 15 is 0 Å². The maximum absolute atomic E-state index is 12.9. The van der Waals surface area contributed by atoms with Crippen LogP contribution in [0.15, 0.2) is 134 Å². The minimum Gasteiger partial charge on any atom is -0.462 e. The first-order valence-electron chi connectivity index (χ1n) is 29.1. The Morgan fingerprint density at radius 2 is 0.697 bits per heavy atom. The molecule has 0 aliphatic carbocycles. The summed E-state index contributed by atoms with van der Waals surface area (Å²) in [6.07, 6.45) is 71.3. The monoisotopic (exact) mass is 1080 g/mol. The summed E-state index contributed by atoms with van der Waals surface area (Å²) in [6, 6.07) is 0. The quantitative estimate of drug-likeness (QED) is 0.0197. The van der Waals surface area contributed by atoms with Crippen LogP contribution in [0.4, 0.5) is 0 Å². The number of aliphatic hydroxyl groups excluding tert-OH is 1. The summed E-state index contributed by atoms with van der Waals surface area (Å²) < 4.78 is 39.4. The maximum Gasteiger partial charge on any atom is 0.472 e. The predicted octanol–water partition coefficient (Wildman–Crippen LogP) is 17.4. The highest BCUT2D eigenvalue weighted by Crippen LogP contribution is 2.43. The van der Waals surface area contributed by atoms with Crippen molar-refractivity contribution in [3.05, 3.63) is 134 Å². The van der Waals surface area contributed by atoms with Crippen LogP contribution in [0.1, 0.15) is 213 Å². The van der Waals surface area contributed by atoms with E-state index in [0.717, 1.165) is 122 Å². The molecule has 0 aromatic heterocycles. The standard InChI is InChI=1S/C64H103O11P/c1-4-7-10-13-16-19-22-25-27-29-30-32-33-36-38-41-44-47-50-53-62(66)71-57-61(75-64(68)55-52-49-46-43-40-37-34-31-28-26-23-20-17-14-11-8-5-2)59-73-76(69,70)72-58-60(56-65)74-63(67)54-51-48-45-42-39-35-24-21-18-15-12-9-6-3/h8-9,11-12,16-21,25-28,30,32,34-35,37,39,43,46,60-61,65H,4-7,10,13-15,22-24,29,31,33,36,38,40-42,44-45,47-59H2,1-3H3,(H,69,70)/b11-8-,12-9-,19-16-,20-17-,21-18-,27-25-,28-26-,32-30-,37-34-,39-35-,46-43-. The van der Waals surface area contributed by atoms with Gasteiger partial charge in [0.2, 0.25) is 0 Å². The average molecular weight is 1080 g/mol. The number of hydrogen-bond acceptors (Lipinski definition) is 10. The fourth-order valence-corrected chi connectivity index (χ4v) is 7.96. The lowest BCUT2D eigenvalue weighted by atomic mass is 10.1. The van der Waals surface area contributed by atoms with Crippen LogP contribution in [0.2, 0.25) is 0 Å². The van der Waals surface area contributed by atoms with Gasteiger partial charge in [0, 0.05) is 19.3 Å². The molecular weight excluding hydrogens is 976 g/mol. The molecule has 0 aromatic rings. The van der Waals surface area contributed by atoms with Crippen molar-refractivity contribution < 1.29 is 52.2 Å². The smallest absolute Gasteiger partial charge is 0.462 e. The number of carbonyl (C=O) groups excluding carboxylic acids is 3. The van der Waals surface area contributed by atoms with Crippen molar-refractivity contribution in [1.29, 1.82) is 0 Å². The second-order valence-electron chi connectivity index (χ2n) is 18.7. The topological polar surface area (TPSA) is 155 Å². The van der Waals surface area contributed by atoms with Crippen molar-refractivity contribution in [3.63, 3.8) is 0 Å². The molecule has 76 heavy (non-hydrogen) atoms. The summed E-state index contributed by atoms with van der Waals surface area (Å²) in [5.41, 5.74) is 0. The van der Waals surface area contributed by atoms with Crippen LogP contribution in [0, 0.1) is 0 Å². The second-order valence-corrected chi connectivity index (χ2v) is 20.1. The van der Waals surface area contributed by atoms with Gasteiger partial charge in [-0.3, -0.25) is 23.4 Å². The molecule has 0 amide bonds. The third-order valence-corrected chi connectivity index (χ3v) is 12.5. The largest absolute Gasteiger partial charge is 0.472 e. The number of esters is 3. The molecule has 0 heterocycles. The zero-order chi connectivity index (χ0) is 55.5. The van der Waals surface area contributed by atoms with Crippen LogP contribution < -0.4 is 0 Å². The molecule has 3 unspecified atom stereocenters. The third kappa shape index (κ3) is 54.4. The van der Waals surface area contributed by atoms with E-state index in [9.17, 15) is 28.9 Å². The number of unbranched alkanes of at least 4 members (excludes halogenated alkanes) is 13.